The summed E-state index contributed by atoms with van der Waals surface area (Å²) in [7, 11) is 0. The van der Waals surface area contributed by atoms with E-state index in [-0.39, 0.29) is 17.2 Å². The first-order valence-electron chi connectivity index (χ1n) is 6.33. The van der Waals surface area contributed by atoms with Crippen molar-refractivity contribution in [1.29, 1.82) is 0 Å². The number of nitrogens with one attached hydrogen (secondary N) is 1. The van der Waals surface area contributed by atoms with Crippen LogP contribution in [0.3, 0.4) is 0 Å². The van der Waals surface area contributed by atoms with Crippen LogP contribution in [0.15, 0.2) is 52.3 Å². The Bertz CT molecular complexity index is 720. The van der Waals surface area contributed by atoms with Gasteiger partial charge in [0.25, 0.3) is 11.6 Å². The summed E-state index contributed by atoms with van der Waals surface area (Å²) >= 11 is 2.80. The normalized spacial score (nSPS) is 10.3. The summed E-state index contributed by atoms with van der Waals surface area (Å²) in [5, 5.41) is 13.9. The van der Waals surface area contributed by atoms with Gasteiger partial charge in [-0.05, 0) is 36.8 Å². The maximum Gasteiger partial charge on any atom is 0.283 e. The van der Waals surface area contributed by atoms with E-state index >= 15 is 0 Å². The standard InChI is InChI=1S/C15H14N2O3S2/c1-21-13-6-4-3-5-11(13)16-15(18)10-7-8-14(22-2)12(9-10)17(19)20/h3-9H,1-2H3,(H,16,18). The van der Waals surface area contributed by atoms with Crippen molar-refractivity contribution in [3.8, 4) is 0 Å². The molecular formula is C15H14N2O3S2. The second kappa shape index (κ2) is 7.33. The molecule has 0 saturated heterocycles. The smallest absolute Gasteiger partial charge is 0.283 e. The van der Waals surface area contributed by atoms with Crippen LogP contribution in [-0.4, -0.2) is 23.3 Å². The molecule has 0 aliphatic rings. The fourth-order valence-electron chi connectivity index (χ4n) is 1.92. The number of benzene rings is 2. The van der Waals surface area contributed by atoms with Crippen LogP contribution in [0.5, 0.6) is 0 Å². The highest BCUT2D eigenvalue weighted by Gasteiger charge is 2.17. The lowest BCUT2D eigenvalue weighted by Gasteiger charge is -2.09. The van der Waals surface area contributed by atoms with Crippen LogP contribution < -0.4 is 5.32 Å². The molecule has 2 aromatic rings. The summed E-state index contributed by atoms with van der Waals surface area (Å²) in [6.45, 7) is 0. The van der Waals surface area contributed by atoms with Crippen LogP contribution in [0.25, 0.3) is 0 Å². The number of carbonyl (C=O) groups excluding carboxylic acids is 1. The first-order chi connectivity index (χ1) is 10.6. The predicted molar refractivity (Wildman–Crippen MR) is 91.1 cm³/mol. The average molecular weight is 334 g/mol. The second-order valence-electron chi connectivity index (χ2n) is 4.30. The van der Waals surface area contributed by atoms with Crippen molar-refractivity contribution in [3.63, 3.8) is 0 Å². The quantitative estimate of drug-likeness (QED) is 0.501. The predicted octanol–water partition coefficient (Wildman–Crippen LogP) is 4.29. The van der Waals surface area contributed by atoms with E-state index in [0.29, 0.717) is 10.6 Å². The number of thioether (sulfide) groups is 2. The fourth-order valence-corrected chi connectivity index (χ4v) is 3.02. The lowest BCUT2D eigenvalue weighted by Crippen LogP contribution is -2.12. The molecule has 0 unspecified atom stereocenters. The van der Waals surface area contributed by atoms with Crippen molar-refractivity contribution >= 4 is 40.8 Å². The number of rotatable bonds is 5. The second-order valence-corrected chi connectivity index (χ2v) is 5.99. The third kappa shape index (κ3) is 3.61. The zero-order chi connectivity index (χ0) is 16.1. The first kappa shape index (κ1) is 16.4. The number of anilines is 1. The van der Waals surface area contributed by atoms with Crippen molar-refractivity contribution in [2.24, 2.45) is 0 Å². The number of amides is 1. The molecule has 1 amide bonds. The van der Waals surface area contributed by atoms with Crippen molar-refractivity contribution in [2.75, 3.05) is 17.8 Å². The zero-order valence-corrected chi connectivity index (χ0v) is 13.7. The number of carbonyl (C=O) groups is 1. The van der Waals surface area contributed by atoms with E-state index in [9.17, 15) is 14.9 Å². The molecule has 0 saturated carbocycles. The molecule has 1 N–H and O–H groups in total. The molecular weight excluding hydrogens is 320 g/mol. The fraction of sp³-hybridized carbons (Fsp3) is 0.133. The van der Waals surface area contributed by atoms with Crippen LogP contribution in [0.4, 0.5) is 11.4 Å². The van der Waals surface area contributed by atoms with E-state index in [0.717, 1.165) is 4.90 Å². The molecule has 0 aromatic heterocycles. The van der Waals surface area contributed by atoms with Gasteiger partial charge in [0.2, 0.25) is 0 Å². The number of nitrogens with zero attached hydrogens (tertiary/aromatic N) is 1. The van der Waals surface area contributed by atoms with E-state index in [4.69, 9.17) is 0 Å². The van der Waals surface area contributed by atoms with Crippen molar-refractivity contribution in [3.05, 3.63) is 58.1 Å². The van der Waals surface area contributed by atoms with Gasteiger partial charge in [-0.3, -0.25) is 14.9 Å². The molecule has 2 rings (SSSR count). The molecule has 0 spiro atoms. The highest BCUT2D eigenvalue weighted by atomic mass is 32.2. The molecule has 0 aliphatic carbocycles. The van der Waals surface area contributed by atoms with E-state index < -0.39 is 4.92 Å². The Morgan fingerprint density at radius 1 is 1.09 bits per heavy atom. The van der Waals surface area contributed by atoms with Gasteiger partial charge >= 0.3 is 0 Å². The van der Waals surface area contributed by atoms with Crippen LogP contribution in [0.1, 0.15) is 10.4 Å². The Balaban J connectivity index is 2.30. The van der Waals surface area contributed by atoms with Gasteiger partial charge in [-0.25, -0.2) is 0 Å². The minimum atomic E-state index is -0.474. The van der Waals surface area contributed by atoms with E-state index in [2.05, 4.69) is 5.32 Å². The van der Waals surface area contributed by atoms with E-state index in [1.807, 2.05) is 24.5 Å². The van der Waals surface area contributed by atoms with Gasteiger partial charge in [-0.15, -0.1) is 23.5 Å². The number of nitro benzene ring substituents is 1. The Morgan fingerprint density at radius 3 is 2.41 bits per heavy atom. The van der Waals surface area contributed by atoms with Gasteiger partial charge in [-0.1, -0.05) is 12.1 Å². The summed E-state index contributed by atoms with van der Waals surface area (Å²) < 4.78 is 0. The molecule has 0 aliphatic heterocycles. The van der Waals surface area contributed by atoms with Gasteiger partial charge in [0, 0.05) is 16.5 Å². The van der Waals surface area contributed by atoms with Crippen LogP contribution in [0.2, 0.25) is 0 Å². The molecule has 0 radical (unpaired) electrons. The number of hydrogen-bond acceptors (Lipinski definition) is 5. The molecule has 22 heavy (non-hydrogen) atoms. The Labute approximate surface area is 136 Å². The molecule has 114 valence electrons. The topological polar surface area (TPSA) is 72.2 Å². The van der Waals surface area contributed by atoms with Crippen molar-refractivity contribution < 1.29 is 9.72 Å². The number of nitro groups is 1. The average Bonchev–Trinajstić information content (AvgIpc) is 2.54. The molecule has 5 nitrogen and oxygen atoms in total. The summed E-state index contributed by atoms with van der Waals surface area (Å²) in [6.07, 6.45) is 3.68. The lowest BCUT2D eigenvalue weighted by molar-refractivity contribution is -0.387. The molecule has 2 aromatic carbocycles. The number of para-hydroxylation sites is 1. The summed E-state index contributed by atoms with van der Waals surface area (Å²) in [5.41, 5.74) is 0.898. The SMILES string of the molecule is CSc1ccccc1NC(=O)c1ccc(SC)c([N+](=O)[O-])c1. The first-order valence-corrected chi connectivity index (χ1v) is 8.78. The Hall–Kier alpha value is -1.99. The largest absolute Gasteiger partial charge is 0.321 e. The highest BCUT2D eigenvalue weighted by molar-refractivity contribution is 7.99. The third-order valence-corrected chi connectivity index (χ3v) is 4.57. The van der Waals surface area contributed by atoms with E-state index in [1.54, 1.807) is 24.5 Å². The maximum atomic E-state index is 12.3. The summed E-state index contributed by atoms with van der Waals surface area (Å²) in [4.78, 5) is 24.4. The monoisotopic (exact) mass is 334 g/mol. The Morgan fingerprint density at radius 2 is 1.77 bits per heavy atom. The Kier molecular flexibility index (Phi) is 5.46. The van der Waals surface area contributed by atoms with Gasteiger partial charge < -0.3 is 5.32 Å². The number of hydrogen-bond donors (Lipinski definition) is 1. The zero-order valence-electron chi connectivity index (χ0n) is 12.0. The van der Waals surface area contributed by atoms with Crippen molar-refractivity contribution in [2.45, 2.75) is 9.79 Å². The van der Waals surface area contributed by atoms with Gasteiger partial charge in [0.1, 0.15) is 0 Å². The van der Waals surface area contributed by atoms with Crippen LogP contribution in [-0.2, 0) is 0 Å². The molecule has 0 atom stereocenters. The molecule has 0 heterocycles. The van der Waals surface area contributed by atoms with Gasteiger partial charge in [0.05, 0.1) is 15.5 Å². The van der Waals surface area contributed by atoms with E-state index in [1.165, 1.54) is 29.6 Å². The maximum absolute atomic E-state index is 12.3. The van der Waals surface area contributed by atoms with Crippen LogP contribution >= 0.6 is 23.5 Å². The molecule has 0 fully saturated rings. The minimum absolute atomic E-state index is 0.0571. The summed E-state index contributed by atoms with van der Waals surface area (Å²) in [5.74, 6) is -0.364. The summed E-state index contributed by atoms with van der Waals surface area (Å²) in [6, 6.07) is 11.9. The molecule has 7 heteroatoms. The van der Waals surface area contributed by atoms with Gasteiger partial charge in [0.15, 0.2) is 0 Å². The van der Waals surface area contributed by atoms with Crippen LogP contribution in [0, 0.1) is 10.1 Å². The third-order valence-electron chi connectivity index (χ3n) is 2.99. The van der Waals surface area contributed by atoms with Crippen molar-refractivity contribution in [1.82, 2.24) is 0 Å². The highest BCUT2D eigenvalue weighted by Crippen LogP contribution is 2.29. The lowest BCUT2D eigenvalue weighted by atomic mass is 10.2. The van der Waals surface area contributed by atoms with Gasteiger partial charge in [-0.2, -0.15) is 0 Å². The molecule has 0 bridgehead atoms. The minimum Gasteiger partial charge on any atom is -0.321 e.